The van der Waals surface area contributed by atoms with E-state index in [1.807, 2.05) is 13.0 Å². The van der Waals surface area contributed by atoms with Crippen molar-refractivity contribution in [3.63, 3.8) is 0 Å². The van der Waals surface area contributed by atoms with Gasteiger partial charge in [-0.25, -0.2) is 4.79 Å². The molecule has 1 aromatic rings. The molecule has 0 aromatic heterocycles. The summed E-state index contributed by atoms with van der Waals surface area (Å²) in [5, 5.41) is 11.7. The van der Waals surface area contributed by atoms with Crippen LogP contribution in [0.5, 0.6) is 0 Å². The summed E-state index contributed by atoms with van der Waals surface area (Å²) >= 11 is 0. The zero-order chi connectivity index (χ0) is 14.5. The van der Waals surface area contributed by atoms with E-state index in [1.165, 1.54) is 12.8 Å². The number of hydrogen-bond acceptors (Lipinski definition) is 2. The molecule has 0 bridgehead atoms. The van der Waals surface area contributed by atoms with Crippen molar-refractivity contribution in [3.05, 3.63) is 47.0 Å². The van der Waals surface area contributed by atoms with Crippen LogP contribution in [0.4, 0.5) is 0 Å². The minimum Gasteiger partial charge on any atom is -0.478 e. The van der Waals surface area contributed by atoms with Gasteiger partial charge in [-0.15, -0.1) is 0 Å². The number of carbonyl (C=O) groups excluding carboxylic acids is 1. The quantitative estimate of drug-likeness (QED) is 0.782. The zero-order valence-corrected chi connectivity index (χ0v) is 11.6. The maximum Gasteiger partial charge on any atom is 0.335 e. The summed E-state index contributed by atoms with van der Waals surface area (Å²) in [6.45, 7) is 2.50. The molecule has 2 rings (SSSR count). The highest BCUT2D eigenvalue weighted by Gasteiger charge is 2.23. The Morgan fingerprint density at radius 2 is 2.15 bits per heavy atom. The number of amides is 1. The molecule has 4 heteroatoms. The highest BCUT2D eigenvalue weighted by Crippen LogP contribution is 2.35. The molecule has 0 aliphatic heterocycles. The van der Waals surface area contributed by atoms with Crippen LogP contribution in [-0.4, -0.2) is 23.5 Å². The van der Waals surface area contributed by atoms with Gasteiger partial charge in [-0.05, 0) is 49.8 Å². The summed E-state index contributed by atoms with van der Waals surface area (Å²) in [4.78, 5) is 22.5. The number of carbonyl (C=O) groups is 2. The first-order chi connectivity index (χ1) is 9.56. The molecule has 0 atom stereocenters. The maximum atomic E-state index is 11.7. The fraction of sp³-hybridized carbons (Fsp3) is 0.375. The van der Waals surface area contributed by atoms with Crippen molar-refractivity contribution in [2.24, 2.45) is 5.92 Å². The lowest BCUT2D eigenvalue weighted by Gasteiger charge is -2.05. The summed E-state index contributed by atoms with van der Waals surface area (Å²) in [6, 6.07) is 6.79. The Morgan fingerprint density at radius 3 is 2.80 bits per heavy atom. The molecule has 0 radical (unpaired) electrons. The third-order valence-corrected chi connectivity index (χ3v) is 3.47. The molecule has 1 saturated carbocycles. The highest BCUT2D eigenvalue weighted by molar-refractivity contribution is 5.88. The van der Waals surface area contributed by atoms with Crippen LogP contribution in [-0.2, 0) is 11.2 Å². The minimum atomic E-state index is -0.932. The molecule has 0 spiro atoms. The molecular weight excluding hydrogens is 254 g/mol. The topological polar surface area (TPSA) is 66.4 Å². The number of allylic oxidation sites excluding steroid dienone is 1. The average molecular weight is 273 g/mol. The highest BCUT2D eigenvalue weighted by atomic mass is 16.4. The first-order valence-electron chi connectivity index (χ1n) is 6.84. The molecule has 1 aliphatic rings. The molecule has 20 heavy (non-hydrogen) atoms. The minimum absolute atomic E-state index is 0.0659. The second-order valence-electron chi connectivity index (χ2n) is 5.21. The number of carboxylic acids is 1. The first-order valence-corrected chi connectivity index (χ1v) is 6.84. The average Bonchev–Trinajstić information content (AvgIpc) is 3.23. The van der Waals surface area contributed by atoms with Gasteiger partial charge in [0.15, 0.2) is 0 Å². The SMILES string of the molecule is CC(=CC(=O)NCCc1cccc(C(=O)O)c1)C1CC1. The summed E-state index contributed by atoms with van der Waals surface area (Å²) < 4.78 is 0. The van der Waals surface area contributed by atoms with Gasteiger partial charge in [0.2, 0.25) is 5.91 Å². The smallest absolute Gasteiger partial charge is 0.335 e. The van der Waals surface area contributed by atoms with Gasteiger partial charge in [0.05, 0.1) is 5.56 Å². The van der Waals surface area contributed by atoms with Gasteiger partial charge < -0.3 is 10.4 Å². The van der Waals surface area contributed by atoms with Gasteiger partial charge in [-0.2, -0.15) is 0 Å². The molecule has 0 heterocycles. The van der Waals surface area contributed by atoms with Crippen molar-refractivity contribution < 1.29 is 14.7 Å². The molecule has 0 saturated heterocycles. The number of nitrogens with one attached hydrogen (secondary N) is 1. The second kappa shape index (κ2) is 6.37. The molecule has 1 amide bonds. The van der Waals surface area contributed by atoms with Crippen LogP contribution in [0.3, 0.4) is 0 Å². The molecule has 2 N–H and O–H groups in total. The van der Waals surface area contributed by atoms with Crippen molar-refractivity contribution in [1.29, 1.82) is 0 Å². The largest absolute Gasteiger partial charge is 0.478 e. The third-order valence-electron chi connectivity index (χ3n) is 3.47. The fourth-order valence-corrected chi connectivity index (χ4v) is 2.10. The number of benzene rings is 1. The van der Waals surface area contributed by atoms with E-state index >= 15 is 0 Å². The normalized spacial score (nSPS) is 14.9. The van der Waals surface area contributed by atoms with E-state index in [1.54, 1.807) is 24.3 Å². The van der Waals surface area contributed by atoms with E-state index in [-0.39, 0.29) is 11.5 Å². The Bertz CT molecular complexity index is 544. The third kappa shape index (κ3) is 4.23. The van der Waals surface area contributed by atoms with Crippen LogP contribution in [0.25, 0.3) is 0 Å². The van der Waals surface area contributed by atoms with Gasteiger partial charge in [0.25, 0.3) is 0 Å². The lowest BCUT2D eigenvalue weighted by molar-refractivity contribution is -0.116. The molecule has 1 aliphatic carbocycles. The maximum absolute atomic E-state index is 11.7. The molecule has 0 unspecified atom stereocenters. The van der Waals surface area contributed by atoms with Gasteiger partial charge in [0, 0.05) is 12.6 Å². The predicted molar refractivity (Wildman–Crippen MR) is 76.6 cm³/mol. The number of rotatable bonds is 6. The van der Waals surface area contributed by atoms with Crippen molar-refractivity contribution in [2.75, 3.05) is 6.54 Å². The summed E-state index contributed by atoms with van der Waals surface area (Å²) in [6.07, 6.45) is 4.68. The van der Waals surface area contributed by atoms with E-state index in [0.717, 1.165) is 11.1 Å². The van der Waals surface area contributed by atoms with Crippen molar-refractivity contribution in [1.82, 2.24) is 5.32 Å². The van der Waals surface area contributed by atoms with E-state index in [9.17, 15) is 9.59 Å². The molecule has 1 aromatic carbocycles. The van der Waals surface area contributed by atoms with E-state index in [2.05, 4.69) is 5.32 Å². The van der Waals surface area contributed by atoms with Crippen LogP contribution < -0.4 is 5.32 Å². The van der Waals surface area contributed by atoms with Crippen molar-refractivity contribution in [2.45, 2.75) is 26.2 Å². The monoisotopic (exact) mass is 273 g/mol. The number of aromatic carboxylic acids is 1. The molecule has 4 nitrogen and oxygen atoms in total. The Morgan fingerprint density at radius 1 is 1.40 bits per heavy atom. The lowest BCUT2D eigenvalue weighted by Crippen LogP contribution is -2.24. The van der Waals surface area contributed by atoms with E-state index in [0.29, 0.717) is 18.9 Å². The van der Waals surface area contributed by atoms with Crippen LogP contribution >= 0.6 is 0 Å². The summed E-state index contributed by atoms with van der Waals surface area (Å²) in [7, 11) is 0. The Kier molecular flexibility index (Phi) is 4.56. The molecule has 106 valence electrons. The summed E-state index contributed by atoms with van der Waals surface area (Å²) in [5.74, 6) is -0.393. The lowest BCUT2D eigenvalue weighted by atomic mass is 10.1. The fourth-order valence-electron chi connectivity index (χ4n) is 2.10. The van der Waals surface area contributed by atoms with Crippen LogP contribution in [0.15, 0.2) is 35.9 Å². The predicted octanol–water partition coefficient (Wildman–Crippen LogP) is 2.40. The Balaban J connectivity index is 1.80. The van der Waals surface area contributed by atoms with Crippen molar-refractivity contribution in [3.8, 4) is 0 Å². The van der Waals surface area contributed by atoms with Crippen molar-refractivity contribution >= 4 is 11.9 Å². The molecular formula is C16H19NO3. The molecule has 1 fully saturated rings. The van der Waals surface area contributed by atoms with Crippen LogP contribution in [0.2, 0.25) is 0 Å². The summed E-state index contributed by atoms with van der Waals surface area (Å²) in [5.41, 5.74) is 2.33. The van der Waals surface area contributed by atoms with Crippen LogP contribution in [0.1, 0.15) is 35.7 Å². The number of carboxylic acid groups (broad SMARTS) is 1. The van der Waals surface area contributed by atoms with E-state index < -0.39 is 5.97 Å². The van der Waals surface area contributed by atoms with Crippen LogP contribution in [0, 0.1) is 5.92 Å². The second-order valence-corrected chi connectivity index (χ2v) is 5.21. The Labute approximate surface area is 118 Å². The van der Waals surface area contributed by atoms with Gasteiger partial charge in [0.1, 0.15) is 0 Å². The zero-order valence-electron chi connectivity index (χ0n) is 11.6. The number of hydrogen-bond donors (Lipinski definition) is 2. The standard InChI is InChI=1S/C16H19NO3/c1-11(13-5-6-13)9-15(18)17-8-7-12-3-2-4-14(10-12)16(19)20/h2-4,9-10,13H,5-8H2,1H3,(H,17,18)(H,19,20). The van der Waals surface area contributed by atoms with Gasteiger partial charge >= 0.3 is 5.97 Å². The van der Waals surface area contributed by atoms with E-state index in [4.69, 9.17) is 5.11 Å². The van der Waals surface area contributed by atoms with Gasteiger partial charge in [-0.1, -0.05) is 17.7 Å². The van der Waals surface area contributed by atoms with Gasteiger partial charge in [-0.3, -0.25) is 4.79 Å². The Hall–Kier alpha value is -2.10. The first kappa shape index (κ1) is 14.3.